The summed E-state index contributed by atoms with van der Waals surface area (Å²) in [5.74, 6) is 0.173. The summed E-state index contributed by atoms with van der Waals surface area (Å²) in [6.07, 6.45) is 8.81. The first-order valence-corrected chi connectivity index (χ1v) is 12.5. The van der Waals surface area contributed by atoms with Crippen LogP contribution in [0.3, 0.4) is 0 Å². The Morgan fingerprint density at radius 3 is 2.55 bits per heavy atom. The number of amides is 3. The molecule has 0 aliphatic carbocycles. The third kappa shape index (κ3) is 4.12. The van der Waals surface area contributed by atoms with Gasteiger partial charge in [-0.15, -0.1) is 0 Å². The molecule has 6 rings (SSSR count). The van der Waals surface area contributed by atoms with E-state index in [2.05, 4.69) is 20.1 Å². The standard InChI is InChI=1S/C26H27N9O3/c1-16(36)24(37)33-10-6-19(7-11-33)35-23-18(15-32(2)26(35)38)14-27-21-5-4-20(31-22(21)23)17-12-28-25(29-13-17)34-9-3-8-30-34/h3-5,8-9,12-14,16,19,36H,6-7,10-11,15H2,1-2H3/t16-/m0/s1. The number of carbonyl (C=O) groups excluding carboxylic acids is 2. The maximum absolute atomic E-state index is 13.5. The Morgan fingerprint density at radius 1 is 1.11 bits per heavy atom. The summed E-state index contributed by atoms with van der Waals surface area (Å²) in [5.41, 5.74) is 4.40. The first kappa shape index (κ1) is 23.9. The zero-order chi connectivity index (χ0) is 26.4. The van der Waals surface area contributed by atoms with Crippen molar-refractivity contribution in [2.45, 2.75) is 38.5 Å². The van der Waals surface area contributed by atoms with Crippen LogP contribution in [0.1, 0.15) is 25.3 Å². The van der Waals surface area contributed by atoms with Crippen LogP contribution in [0.5, 0.6) is 0 Å². The van der Waals surface area contributed by atoms with Crippen molar-refractivity contribution in [1.82, 2.24) is 39.5 Å². The van der Waals surface area contributed by atoms with Crippen LogP contribution in [-0.2, 0) is 11.3 Å². The molecular formula is C26H27N9O3. The number of rotatable bonds is 4. The highest BCUT2D eigenvalue weighted by molar-refractivity contribution is 6.04. The molecule has 0 unspecified atom stereocenters. The summed E-state index contributed by atoms with van der Waals surface area (Å²) >= 11 is 0. The second kappa shape index (κ2) is 9.45. The van der Waals surface area contributed by atoms with Crippen LogP contribution in [0, 0.1) is 0 Å². The molecule has 2 aliphatic rings. The van der Waals surface area contributed by atoms with Gasteiger partial charge in [0.15, 0.2) is 0 Å². The smallest absolute Gasteiger partial charge is 0.324 e. The molecule has 1 atom stereocenters. The molecule has 38 heavy (non-hydrogen) atoms. The molecule has 4 aromatic rings. The van der Waals surface area contributed by atoms with Gasteiger partial charge < -0.3 is 14.9 Å². The van der Waals surface area contributed by atoms with E-state index >= 15 is 0 Å². The molecule has 0 bridgehead atoms. The quantitative estimate of drug-likeness (QED) is 0.438. The van der Waals surface area contributed by atoms with Gasteiger partial charge in [0.05, 0.1) is 23.4 Å². The topological polar surface area (TPSA) is 133 Å². The normalized spacial score (nSPS) is 17.1. The van der Waals surface area contributed by atoms with Gasteiger partial charge in [0.2, 0.25) is 5.95 Å². The van der Waals surface area contributed by atoms with E-state index in [4.69, 9.17) is 4.98 Å². The minimum absolute atomic E-state index is 0.107. The molecule has 3 amide bonds. The highest BCUT2D eigenvalue weighted by Crippen LogP contribution is 2.37. The van der Waals surface area contributed by atoms with Crippen molar-refractivity contribution in [2.24, 2.45) is 0 Å². The minimum Gasteiger partial charge on any atom is -0.384 e. The predicted octanol–water partition coefficient (Wildman–Crippen LogP) is 2.02. The first-order chi connectivity index (χ1) is 18.4. The molecule has 194 valence electrons. The second-order valence-electron chi connectivity index (χ2n) is 9.66. The maximum Gasteiger partial charge on any atom is 0.324 e. The van der Waals surface area contributed by atoms with Crippen molar-refractivity contribution in [3.05, 3.63) is 54.7 Å². The molecule has 6 heterocycles. The van der Waals surface area contributed by atoms with E-state index in [1.54, 1.807) is 52.4 Å². The van der Waals surface area contributed by atoms with Gasteiger partial charge in [-0.2, -0.15) is 5.10 Å². The Hall–Kier alpha value is -4.45. The van der Waals surface area contributed by atoms with Gasteiger partial charge in [-0.25, -0.2) is 24.4 Å². The lowest BCUT2D eigenvalue weighted by Crippen LogP contribution is -2.55. The molecule has 12 nitrogen and oxygen atoms in total. The number of likely N-dealkylation sites (tertiary alicyclic amines) is 1. The Morgan fingerprint density at radius 2 is 1.87 bits per heavy atom. The Kier molecular flexibility index (Phi) is 5.95. The van der Waals surface area contributed by atoms with Gasteiger partial charge >= 0.3 is 6.03 Å². The number of piperidine rings is 1. The zero-order valence-electron chi connectivity index (χ0n) is 21.1. The van der Waals surface area contributed by atoms with Crippen LogP contribution in [0.2, 0.25) is 0 Å². The highest BCUT2D eigenvalue weighted by atomic mass is 16.3. The largest absolute Gasteiger partial charge is 0.384 e. The van der Waals surface area contributed by atoms with Crippen LogP contribution >= 0.6 is 0 Å². The molecule has 0 aromatic carbocycles. The van der Waals surface area contributed by atoms with Gasteiger partial charge in [0.1, 0.15) is 11.6 Å². The molecule has 1 fully saturated rings. The lowest BCUT2D eigenvalue weighted by molar-refractivity contribution is -0.140. The molecule has 4 aromatic heterocycles. The summed E-state index contributed by atoms with van der Waals surface area (Å²) in [5, 5.41) is 13.9. The third-order valence-electron chi connectivity index (χ3n) is 7.08. The number of urea groups is 1. The molecule has 12 heteroatoms. The van der Waals surface area contributed by atoms with E-state index in [1.165, 1.54) is 6.92 Å². The monoisotopic (exact) mass is 513 g/mol. The number of aliphatic hydroxyl groups is 1. The number of fused-ring (bicyclic) bond motifs is 3. The van der Waals surface area contributed by atoms with E-state index in [0.29, 0.717) is 55.2 Å². The average Bonchev–Trinajstić information content (AvgIpc) is 3.48. The lowest BCUT2D eigenvalue weighted by atomic mass is 9.99. The number of carbonyl (C=O) groups is 2. The molecular weight excluding hydrogens is 486 g/mol. The van der Waals surface area contributed by atoms with E-state index in [-0.39, 0.29) is 18.0 Å². The van der Waals surface area contributed by atoms with Gasteiger partial charge in [-0.05, 0) is 38.0 Å². The van der Waals surface area contributed by atoms with E-state index in [9.17, 15) is 14.7 Å². The average molecular weight is 514 g/mol. The number of anilines is 1. The van der Waals surface area contributed by atoms with E-state index in [0.717, 1.165) is 16.8 Å². The number of nitrogens with zero attached hydrogens (tertiary/aromatic N) is 9. The van der Waals surface area contributed by atoms with Crippen LogP contribution in [0.15, 0.2) is 49.2 Å². The minimum atomic E-state index is -1.04. The summed E-state index contributed by atoms with van der Waals surface area (Å²) in [4.78, 5) is 49.4. The van der Waals surface area contributed by atoms with Crippen molar-refractivity contribution in [3.8, 4) is 17.2 Å². The van der Waals surface area contributed by atoms with Crippen LogP contribution in [0.4, 0.5) is 10.5 Å². The maximum atomic E-state index is 13.5. The van der Waals surface area contributed by atoms with Crippen LogP contribution in [-0.4, -0.2) is 88.8 Å². The molecule has 1 saturated heterocycles. The van der Waals surface area contributed by atoms with Gasteiger partial charge in [0.25, 0.3) is 5.91 Å². The van der Waals surface area contributed by atoms with Gasteiger partial charge in [-0.1, -0.05) is 0 Å². The number of hydrogen-bond acceptors (Lipinski definition) is 8. The molecule has 1 N–H and O–H groups in total. The fourth-order valence-corrected chi connectivity index (χ4v) is 5.15. The predicted molar refractivity (Wildman–Crippen MR) is 138 cm³/mol. The van der Waals surface area contributed by atoms with Crippen LogP contribution < -0.4 is 4.90 Å². The van der Waals surface area contributed by atoms with Crippen molar-refractivity contribution >= 4 is 28.7 Å². The Balaban J connectivity index is 1.37. The highest BCUT2D eigenvalue weighted by Gasteiger charge is 2.38. The lowest BCUT2D eigenvalue weighted by Gasteiger charge is -2.43. The number of hydrogen-bond donors (Lipinski definition) is 1. The molecule has 0 saturated carbocycles. The number of pyridine rings is 2. The van der Waals surface area contributed by atoms with Gasteiger partial charge in [0, 0.05) is 68.3 Å². The third-order valence-corrected chi connectivity index (χ3v) is 7.08. The van der Waals surface area contributed by atoms with Gasteiger partial charge in [-0.3, -0.25) is 14.7 Å². The van der Waals surface area contributed by atoms with Crippen molar-refractivity contribution < 1.29 is 14.7 Å². The fourth-order valence-electron chi connectivity index (χ4n) is 5.15. The SMILES string of the molecule is C[C@H](O)C(=O)N1CCC(N2C(=O)N(C)Cc3cnc4ccc(-c5cnc(-n6cccn6)nc5)nc4c32)CC1. The number of aromatic nitrogens is 6. The second-order valence-corrected chi connectivity index (χ2v) is 9.66. The van der Waals surface area contributed by atoms with E-state index < -0.39 is 6.10 Å². The molecule has 0 radical (unpaired) electrons. The van der Waals surface area contributed by atoms with Crippen molar-refractivity contribution in [3.63, 3.8) is 0 Å². The summed E-state index contributed by atoms with van der Waals surface area (Å²) in [6, 6.07) is 5.34. The summed E-state index contributed by atoms with van der Waals surface area (Å²) in [7, 11) is 1.77. The summed E-state index contributed by atoms with van der Waals surface area (Å²) in [6.45, 7) is 2.85. The van der Waals surface area contributed by atoms with Crippen molar-refractivity contribution in [2.75, 3.05) is 25.0 Å². The molecule has 2 aliphatic heterocycles. The Bertz CT molecular complexity index is 1500. The van der Waals surface area contributed by atoms with Crippen molar-refractivity contribution in [1.29, 1.82) is 0 Å². The van der Waals surface area contributed by atoms with Crippen LogP contribution in [0.25, 0.3) is 28.2 Å². The first-order valence-electron chi connectivity index (χ1n) is 12.5. The Labute approximate surface area is 218 Å². The molecule has 0 spiro atoms. The van der Waals surface area contributed by atoms with E-state index in [1.807, 2.05) is 23.2 Å². The number of aliphatic hydroxyl groups excluding tert-OH is 1. The fraction of sp³-hybridized carbons (Fsp3) is 0.346. The zero-order valence-corrected chi connectivity index (χ0v) is 21.1. The summed E-state index contributed by atoms with van der Waals surface area (Å²) < 4.78 is 1.58.